The fourth-order valence-corrected chi connectivity index (χ4v) is 1.23. The van der Waals surface area contributed by atoms with Crippen LogP contribution in [0.1, 0.15) is 11.6 Å². The molecule has 0 radical (unpaired) electrons. The van der Waals surface area contributed by atoms with E-state index in [4.69, 9.17) is 27.5 Å². The number of rotatable bonds is 2. The van der Waals surface area contributed by atoms with E-state index in [1.165, 1.54) is 0 Å². The van der Waals surface area contributed by atoms with E-state index in [1.807, 2.05) is 0 Å². The van der Waals surface area contributed by atoms with Crippen molar-refractivity contribution in [1.82, 2.24) is 0 Å². The van der Waals surface area contributed by atoms with E-state index in [9.17, 15) is 14.3 Å². The normalized spacial score (nSPS) is 12.5. The fourth-order valence-electron chi connectivity index (χ4n) is 1.03. The molecule has 0 saturated carbocycles. The number of phenolic OH excluding ortho intramolecular Hbond substituents is 2. The van der Waals surface area contributed by atoms with Gasteiger partial charge in [0, 0.05) is 6.07 Å². The zero-order valence-electron chi connectivity index (χ0n) is 7.24. The zero-order valence-corrected chi connectivity index (χ0v) is 7.99. The van der Waals surface area contributed by atoms with E-state index in [-0.39, 0.29) is 5.02 Å². The van der Waals surface area contributed by atoms with Gasteiger partial charge in [-0.1, -0.05) is 11.6 Å². The van der Waals surface area contributed by atoms with Gasteiger partial charge in [-0.15, -0.1) is 0 Å². The summed E-state index contributed by atoms with van der Waals surface area (Å²) < 4.78 is 13.2. The molecule has 0 bridgehead atoms. The van der Waals surface area contributed by atoms with E-state index in [1.54, 1.807) is 0 Å². The Balaban J connectivity index is 3.45. The first-order valence-corrected chi connectivity index (χ1v) is 4.12. The second-order valence-corrected chi connectivity index (χ2v) is 3.18. The number of hydrogen-bond acceptors (Lipinski definition) is 4. The fraction of sp³-hybridized carbons (Fsp3) is 0.125. The van der Waals surface area contributed by atoms with Crippen molar-refractivity contribution in [2.45, 2.75) is 6.04 Å². The van der Waals surface area contributed by atoms with Crippen LogP contribution in [0.25, 0.3) is 0 Å². The van der Waals surface area contributed by atoms with Crippen LogP contribution in [0, 0.1) is 5.82 Å². The van der Waals surface area contributed by atoms with E-state index in [0.717, 1.165) is 6.07 Å². The summed E-state index contributed by atoms with van der Waals surface area (Å²) in [5.74, 6) is -4.51. The Bertz CT molecular complexity index is 397. The third kappa shape index (κ3) is 1.95. The molecule has 0 saturated heterocycles. The van der Waals surface area contributed by atoms with E-state index < -0.39 is 34.9 Å². The van der Waals surface area contributed by atoms with Crippen molar-refractivity contribution in [1.29, 1.82) is 0 Å². The quantitative estimate of drug-likeness (QED) is 0.572. The predicted molar refractivity (Wildman–Crippen MR) is 49.3 cm³/mol. The summed E-state index contributed by atoms with van der Waals surface area (Å²) in [5, 5.41) is 26.5. The average molecular weight is 236 g/mol. The number of benzene rings is 1. The molecule has 7 heteroatoms. The van der Waals surface area contributed by atoms with Gasteiger partial charge in [0.15, 0.2) is 11.6 Å². The van der Waals surface area contributed by atoms with Crippen LogP contribution >= 0.6 is 11.6 Å². The Morgan fingerprint density at radius 3 is 2.53 bits per heavy atom. The van der Waals surface area contributed by atoms with Gasteiger partial charge in [0.1, 0.15) is 11.8 Å². The first-order chi connectivity index (χ1) is 6.86. The van der Waals surface area contributed by atoms with Crippen LogP contribution in [0.4, 0.5) is 4.39 Å². The average Bonchev–Trinajstić information content (AvgIpc) is 2.15. The van der Waals surface area contributed by atoms with Gasteiger partial charge < -0.3 is 21.1 Å². The number of nitrogens with two attached hydrogens (primary N) is 1. The Labute approximate surface area is 88.5 Å². The number of aromatic hydroxyl groups is 2. The number of carbonyl (C=O) groups is 1. The molecule has 1 aromatic rings. The van der Waals surface area contributed by atoms with Crippen LogP contribution < -0.4 is 5.73 Å². The van der Waals surface area contributed by atoms with Crippen molar-refractivity contribution >= 4 is 17.6 Å². The number of phenols is 2. The molecular formula is C8H7ClFNO4. The number of hydrogen-bond donors (Lipinski definition) is 4. The maximum atomic E-state index is 13.2. The molecule has 82 valence electrons. The summed E-state index contributed by atoms with van der Waals surface area (Å²) >= 11 is 5.41. The molecule has 0 aliphatic rings. The number of carboxylic acids is 1. The van der Waals surface area contributed by atoms with Gasteiger partial charge in [-0.05, 0) is 0 Å². The Hall–Kier alpha value is -1.53. The van der Waals surface area contributed by atoms with Crippen LogP contribution in [-0.4, -0.2) is 21.3 Å². The smallest absolute Gasteiger partial charge is 0.325 e. The van der Waals surface area contributed by atoms with E-state index in [0.29, 0.717) is 0 Å². The molecule has 15 heavy (non-hydrogen) atoms. The molecular weight excluding hydrogens is 229 g/mol. The monoisotopic (exact) mass is 235 g/mol. The summed E-state index contributed by atoms with van der Waals surface area (Å²) in [6.45, 7) is 0. The second-order valence-electron chi connectivity index (χ2n) is 2.77. The SMILES string of the molecule is NC(C(=O)O)c1c(O)c(Cl)cc(O)c1F. The molecule has 1 rings (SSSR count). The highest BCUT2D eigenvalue weighted by Gasteiger charge is 2.26. The van der Waals surface area contributed by atoms with Gasteiger partial charge in [0.25, 0.3) is 0 Å². The van der Waals surface area contributed by atoms with Crippen molar-refractivity contribution < 1.29 is 24.5 Å². The zero-order chi connectivity index (χ0) is 11.7. The summed E-state index contributed by atoms with van der Waals surface area (Å²) in [4.78, 5) is 10.5. The molecule has 0 aromatic heterocycles. The van der Waals surface area contributed by atoms with Crippen molar-refractivity contribution in [2.24, 2.45) is 5.73 Å². The molecule has 0 spiro atoms. The molecule has 1 aromatic carbocycles. The minimum absolute atomic E-state index is 0.374. The topological polar surface area (TPSA) is 104 Å². The predicted octanol–water partition coefficient (Wildman–Crippen LogP) is 0.975. The molecule has 0 fully saturated rings. The van der Waals surface area contributed by atoms with Crippen LogP contribution in [0.2, 0.25) is 5.02 Å². The highest BCUT2D eigenvalue weighted by molar-refractivity contribution is 6.32. The molecule has 0 aliphatic carbocycles. The molecule has 5 nitrogen and oxygen atoms in total. The first-order valence-electron chi connectivity index (χ1n) is 3.74. The lowest BCUT2D eigenvalue weighted by atomic mass is 10.1. The lowest BCUT2D eigenvalue weighted by Gasteiger charge is -2.12. The molecule has 1 atom stereocenters. The maximum Gasteiger partial charge on any atom is 0.325 e. The third-order valence-corrected chi connectivity index (χ3v) is 2.07. The molecule has 1 unspecified atom stereocenters. The maximum absolute atomic E-state index is 13.2. The van der Waals surface area contributed by atoms with Gasteiger partial charge in [-0.2, -0.15) is 0 Å². The second kappa shape index (κ2) is 3.92. The van der Waals surface area contributed by atoms with Crippen molar-refractivity contribution in [3.8, 4) is 11.5 Å². The van der Waals surface area contributed by atoms with Crippen LogP contribution in [0.3, 0.4) is 0 Å². The standard InChI is InChI=1S/C8H7ClFNO4/c9-2-1-3(12)5(10)4(7(2)13)6(11)8(14)15/h1,6,12-13H,11H2,(H,14,15). The molecule has 5 N–H and O–H groups in total. The highest BCUT2D eigenvalue weighted by Crippen LogP contribution is 2.37. The van der Waals surface area contributed by atoms with Crippen molar-refractivity contribution in [2.75, 3.05) is 0 Å². The van der Waals surface area contributed by atoms with Gasteiger partial charge >= 0.3 is 5.97 Å². The van der Waals surface area contributed by atoms with Gasteiger partial charge in [-0.3, -0.25) is 4.79 Å². The minimum Gasteiger partial charge on any atom is -0.506 e. The van der Waals surface area contributed by atoms with Crippen molar-refractivity contribution in [3.05, 3.63) is 22.5 Å². The summed E-state index contributed by atoms with van der Waals surface area (Å²) in [5.41, 5.74) is 4.36. The summed E-state index contributed by atoms with van der Waals surface area (Å²) in [7, 11) is 0. The largest absolute Gasteiger partial charge is 0.506 e. The number of halogens is 2. The lowest BCUT2D eigenvalue weighted by Crippen LogP contribution is -2.22. The Kier molecular flexibility index (Phi) is 3.01. The molecule has 0 heterocycles. The molecule has 0 amide bonds. The number of carboxylic acid groups (broad SMARTS) is 1. The van der Waals surface area contributed by atoms with Crippen LogP contribution in [-0.2, 0) is 4.79 Å². The van der Waals surface area contributed by atoms with Gasteiger partial charge in [-0.25, -0.2) is 4.39 Å². The number of aliphatic carboxylic acids is 1. The van der Waals surface area contributed by atoms with E-state index >= 15 is 0 Å². The van der Waals surface area contributed by atoms with Gasteiger partial charge in [0.05, 0.1) is 10.6 Å². The highest BCUT2D eigenvalue weighted by atomic mass is 35.5. The van der Waals surface area contributed by atoms with Crippen LogP contribution in [0.5, 0.6) is 11.5 Å². The molecule has 0 aliphatic heterocycles. The van der Waals surface area contributed by atoms with Crippen LogP contribution in [0.15, 0.2) is 6.07 Å². The Morgan fingerprint density at radius 1 is 1.53 bits per heavy atom. The van der Waals surface area contributed by atoms with Gasteiger partial charge in [0.2, 0.25) is 0 Å². The summed E-state index contributed by atoms with van der Waals surface area (Å²) in [6.07, 6.45) is 0. The van der Waals surface area contributed by atoms with Crippen molar-refractivity contribution in [3.63, 3.8) is 0 Å². The first kappa shape index (κ1) is 11.5. The third-order valence-electron chi connectivity index (χ3n) is 1.78. The van der Waals surface area contributed by atoms with E-state index in [2.05, 4.69) is 0 Å². The lowest BCUT2D eigenvalue weighted by molar-refractivity contribution is -0.138. The summed E-state index contributed by atoms with van der Waals surface area (Å²) in [6, 6.07) is -1.04. The Morgan fingerprint density at radius 2 is 2.07 bits per heavy atom. The minimum atomic E-state index is -1.80.